The summed E-state index contributed by atoms with van der Waals surface area (Å²) in [6.07, 6.45) is 2.33. The maximum atomic E-state index is 15.4. The fourth-order valence-corrected chi connectivity index (χ4v) is 11.7. The number of aromatic nitrogens is 5. The van der Waals surface area contributed by atoms with Gasteiger partial charge in [0.25, 0.3) is 11.5 Å². The average molecular weight is 953 g/mol. The molecule has 0 saturated carbocycles. The molecule has 0 bridgehead atoms. The number of carbonyl (C=O) groups is 3. The largest absolute Gasteiger partial charge is 0.508 e. The SMILES string of the molecule is CCC1C(=O)OCc2c1cc1n(c2=O)Cc2c-1nc1cc(F)c(C)c3c1c2C(NC(=O)OCC(=O)N1CCC2CCN(Cc4ccc(-n5c(-c6cc(C(C)C)c(O)cc6O)n[nH]c5=O)cc4)CC21)CC3. The number of halogens is 1. The first kappa shape index (κ1) is 45.1. The molecule has 0 spiro atoms. The molecule has 3 aromatic carbocycles. The number of piperidine rings is 1. The van der Waals surface area contributed by atoms with Crippen LogP contribution in [0.2, 0.25) is 0 Å². The quantitative estimate of drug-likeness (QED) is 0.117. The summed E-state index contributed by atoms with van der Waals surface area (Å²) in [4.78, 5) is 76.4. The Labute approximate surface area is 400 Å². The number of esters is 1. The van der Waals surface area contributed by atoms with E-state index in [1.807, 2.05) is 56.0 Å². The van der Waals surface area contributed by atoms with Crippen LogP contribution in [-0.2, 0) is 45.2 Å². The summed E-state index contributed by atoms with van der Waals surface area (Å²) in [7, 11) is 0. The number of hydrogen-bond donors (Lipinski definition) is 4. The summed E-state index contributed by atoms with van der Waals surface area (Å²) in [5.74, 6) is -1.41. The third-order valence-electron chi connectivity index (χ3n) is 15.4. The number of likely N-dealkylation sites (tertiary alicyclic amines) is 2. The van der Waals surface area contributed by atoms with E-state index in [1.165, 1.54) is 16.7 Å². The van der Waals surface area contributed by atoms with E-state index in [-0.39, 0.29) is 59.9 Å². The molecule has 4 atom stereocenters. The number of fused-ring (bicyclic) bond motifs is 6. The molecule has 4 aliphatic heterocycles. The highest BCUT2D eigenvalue weighted by Crippen LogP contribution is 2.46. The number of aromatic hydroxyl groups is 2. The van der Waals surface area contributed by atoms with Gasteiger partial charge in [0.2, 0.25) is 0 Å². The number of cyclic esters (lactones) is 1. The van der Waals surface area contributed by atoms with Crippen LogP contribution in [0.4, 0.5) is 9.18 Å². The zero-order chi connectivity index (χ0) is 48.9. The van der Waals surface area contributed by atoms with Gasteiger partial charge in [-0.05, 0) is 115 Å². The van der Waals surface area contributed by atoms with Crippen molar-refractivity contribution in [3.05, 3.63) is 120 Å². The second-order valence-corrected chi connectivity index (χ2v) is 19.6. The molecule has 7 heterocycles. The van der Waals surface area contributed by atoms with Gasteiger partial charge in [0.05, 0.1) is 52.2 Å². The van der Waals surface area contributed by atoms with Gasteiger partial charge in [-0.25, -0.2) is 28.6 Å². The Kier molecular flexibility index (Phi) is 11.1. The number of carbonyl (C=O) groups excluding carboxylic acids is 3. The molecule has 2 saturated heterocycles. The Morgan fingerprint density at radius 2 is 1.79 bits per heavy atom. The molecule has 18 heteroatoms. The lowest BCUT2D eigenvalue weighted by Gasteiger charge is -2.38. The Bertz CT molecular complexity index is 3310. The number of H-pyrrole nitrogens is 1. The Hall–Kier alpha value is -7.34. The van der Waals surface area contributed by atoms with Gasteiger partial charge < -0.3 is 34.5 Å². The molecule has 2 fully saturated rings. The van der Waals surface area contributed by atoms with E-state index in [2.05, 4.69) is 20.4 Å². The van der Waals surface area contributed by atoms with Crippen LogP contribution in [0.25, 0.3) is 39.4 Å². The summed E-state index contributed by atoms with van der Waals surface area (Å²) >= 11 is 0. The minimum absolute atomic E-state index is 0.0373. The van der Waals surface area contributed by atoms with Crippen LogP contribution in [-0.4, -0.2) is 94.6 Å². The lowest BCUT2D eigenvalue weighted by Crippen LogP contribution is -2.50. The predicted octanol–water partition coefficient (Wildman–Crippen LogP) is 6.34. The molecular weight excluding hydrogens is 900 g/mol. The highest BCUT2D eigenvalue weighted by atomic mass is 19.1. The first-order chi connectivity index (χ1) is 33.7. The van der Waals surface area contributed by atoms with Crippen molar-refractivity contribution in [1.29, 1.82) is 0 Å². The van der Waals surface area contributed by atoms with Gasteiger partial charge in [0.15, 0.2) is 12.4 Å². The molecule has 11 rings (SSSR count). The number of aromatic amines is 1. The lowest BCUT2D eigenvalue weighted by molar-refractivity contribution is -0.148. The third-order valence-corrected chi connectivity index (χ3v) is 15.4. The molecular formula is C52H53FN8O9. The fraction of sp³-hybridized carbons (Fsp3) is 0.404. The third kappa shape index (κ3) is 7.41. The summed E-state index contributed by atoms with van der Waals surface area (Å²) in [5, 5.41) is 31.6. The monoisotopic (exact) mass is 952 g/mol. The Morgan fingerprint density at radius 1 is 1.00 bits per heavy atom. The Balaban J connectivity index is 0.770. The van der Waals surface area contributed by atoms with Crippen molar-refractivity contribution in [2.45, 2.75) is 103 Å². The van der Waals surface area contributed by atoms with Crippen molar-refractivity contribution in [1.82, 2.24) is 39.4 Å². The van der Waals surface area contributed by atoms with E-state index < -0.39 is 36.2 Å². The van der Waals surface area contributed by atoms with Crippen LogP contribution in [0, 0.1) is 18.7 Å². The lowest BCUT2D eigenvalue weighted by atomic mass is 9.81. The number of amides is 2. The van der Waals surface area contributed by atoms with Gasteiger partial charge in [-0.15, -0.1) is 0 Å². The van der Waals surface area contributed by atoms with Gasteiger partial charge >= 0.3 is 17.8 Å². The topological polar surface area (TPSA) is 214 Å². The molecule has 3 aromatic heterocycles. The summed E-state index contributed by atoms with van der Waals surface area (Å²) in [6, 6.07) is 13.0. The molecule has 6 aromatic rings. The number of aryl methyl sites for hydroxylation is 1. The van der Waals surface area contributed by atoms with E-state index >= 15 is 4.39 Å². The van der Waals surface area contributed by atoms with Crippen LogP contribution < -0.4 is 16.6 Å². The number of benzene rings is 3. The van der Waals surface area contributed by atoms with Crippen LogP contribution >= 0.6 is 0 Å². The number of hydrogen-bond acceptors (Lipinski definition) is 12. The van der Waals surface area contributed by atoms with Gasteiger partial charge in [0, 0.05) is 48.8 Å². The molecule has 4 unspecified atom stereocenters. The van der Waals surface area contributed by atoms with Crippen LogP contribution in [0.15, 0.2) is 58.1 Å². The number of nitrogens with zero attached hydrogens (tertiary/aromatic N) is 6. The molecule has 70 heavy (non-hydrogen) atoms. The van der Waals surface area contributed by atoms with Gasteiger partial charge in [0.1, 0.15) is 23.9 Å². The number of phenols is 2. The fourth-order valence-electron chi connectivity index (χ4n) is 11.7. The van der Waals surface area contributed by atoms with Crippen molar-refractivity contribution in [2.75, 3.05) is 26.2 Å². The van der Waals surface area contributed by atoms with E-state index in [0.29, 0.717) is 95.2 Å². The summed E-state index contributed by atoms with van der Waals surface area (Å²) in [5.41, 5.74) is 6.96. The number of phenolic OH excluding ortho intramolecular Hbond substituents is 2. The van der Waals surface area contributed by atoms with Crippen molar-refractivity contribution >= 4 is 28.9 Å². The highest BCUT2D eigenvalue weighted by molar-refractivity contribution is 5.93. The zero-order valence-electron chi connectivity index (χ0n) is 39.3. The number of alkyl carbamates (subject to hydrolysis) is 1. The molecule has 2 amide bonds. The highest BCUT2D eigenvalue weighted by Gasteiger charge is 2.42. The van der Waals surface area contributed by atoms with Crippen LogP contribution in [0.3, 0.4) is 0 Å². The van der Waals surface area contributed by atoms with E-state index in [1.54, 1.807) is 17.6 Å². The maximum Gasteiger partial charge on any atom is 0.408 e. The minimum atomic E-state index is -0.765. The molecule has 17 nitrogen and oxygen atoms in total. The first-order valence-electron chi connectivity index (χ1n) is 24.0. The van der Waals surface area contributed by atoms with Gasteiger partial charge in [-0.3, -0.25) is 19.3 Å². The number of nitrogens with one attached hydrogen (secondary N) is 2. The van der Waals surface area contributed by atoms with Crippen molar-refractivity contribution in [3.63, 3.8) is 0 Å². The first-order valence-corrected chi connectivity index (χ1v) is 24.0. The van der Waals surface area contributed by atoms with E-state index in [9.17, 15) is 34.2 Å². The number of rotatable bonds is 9. The number of pyridine rings is 2. The Morgan fingerprint density at radius 3 is 2.56 bits per heavy atom. The molecule has 5 aliphatic rings. The van der Waals surface area contributed by atoms with Crippen LogP contribution in [0.1, 0.15) is 109 Å². The normalized spacial score (nSPS) is 20.3. The van der Waals surface area contributed by atoms with Crippen LogP contribution in [0.5, 0.6) is 11.5 Å². The molecule has 1 aliphatic carbocycles. The standard InChI is InChI=1S/C52H53FN8O9/c1-5-30-33-17-40-47-35(21-60(40)49(65)36(33)23-69-50(30)66)46-38(11-10-31-26(4)37(53)18-39(54-47)45(31)46)55-52(68)70-24-44(64)59-15-13-28-12-14-58(22-41(28)59)20-27-6-8-29(9-7-27)61-48(56-57-51(61)67)34-16-32(25(2)3)42(62)19-43(34)63/h6-9,16-19,25,28,30,38,41,62-63H,5,10-15,20-24H2,1-4H3,(H,55,68)(H,57,67). The van der Waals surface area contributed by atoms with E-state index in [0.717, 1.165) is 47.0 Å². The summed E-state index contributed by atoms with van der Waals surface area (Å²) in [6.45, 7) is 9.67. The molecule has 4 N–H and O–H groups in total. The smallest absolute Gasteiger partial charge is 0.408 e. The van der Waals surface area contributed by atoms with Crippen molar-refractivity contribution in [2.24, 2.45) is 5.92 Å². The van der Waals surface area contributed by atoms with Gasteiger partial charge in [-0.2, -0.15) is 5.10 Å². The second-order valence-electron chi connectivity index (χ2n) is 19.6. The summed E-state index contributed by atoms with van der Waals surface area (Å²) < 4.78 is 29.5. The molecule has 362 valence electrons. The molecule has 0 radical (unpaired) electrons. The predicted molar refractivity (Wildman–Crippen MR) is 254 cm³/mol. The van der Waals surface area contributed by atoms with Crippen molar-refractivity contribution in [3.8, 4) is 40.0 Å². The maximum absolute atomic E-state index is 15.4. The van der Waals surface area contributed by atoms with Gasteiger partial charge in [-0.1, -0.05) is 32.9 Å². The second kappa shape index (κ2) is 17.3. The zero-order valence-corrected chi connectivity index (χ0v) is 39.3. The number of ether oxygens (including phenoxy) is 2. The average Bonchev–Trinajstić information content (AvgIpc) is 4.05. The van der Waals surface area contributed by atoms with Crippen molar-refractivity contribution < 1.29 is 38.5 Å². The van der Waals surface area contributed by atoms with E-state index in [4.69, 9.17) is 14.5 Å². The minimum Gasteiger partial charge on any atom is -0.508 e.